The van der Waals surface area contributed by atoms with Gasteiger partial charge in [0.15, 0.2) is 0 Å². The van der Waals surface area contributed by atoms with E-state index in [4.69, 9.17) is 4.65 Å². The number of amides is 1. The lowest BCUT2D eigenvalue weighted by molar-refractivity contribution is 0.0693. The van der Waals surface area contributed by atoms with Crippen LogP contribution >= 0.6 is 0 Å². The van der Waals surface area contributed by atoms with Crippen molar-refractivity contribution in [3.8, 4) is 5.75 Å². The molecule has 4 rings (SSSR count). The molecule has 0 spiro atoms. The van der Waals surface area contributed by atoms with Crippen LogP contribution in [0, 0.1) is 0 Å². The number of hydrogen-bond donors (Lipinski definition) is 3. The van der Waals surface area contributed by atoms with Crippen molar-refractivity contribution in [3.63, 3.8) is 0 Å². The van der Waals surface area contributed by atoms with Crippen molar-refractivity contribution in [1.29, 1.82) is 0 Å². The molecule has 9 heteroatoms. The van der Waals surface area contributed by atoms with Crippen LogP contribution in [0.1, 0.15) is 26.3 Å². The quantitative estimate of drug-likeness (QED) is 0.596. The van der Waals surface area contributed by atoms with Crippen LogP contribution in [0.25, 0.3) is 11.0 Å². The van der Waals surface area contributed by atoms with E-state index in [1.54, 1.807) is 42.7 Å². The second-order valence-electron chi connectivity index (χ2n) is 6.15. The Balaban J connectivity index is 1.56. The van der Waals surface area contributed by atoms with Gasteiger partial charge >= 0.3 is 13.1 Å². The molecule has 3 aromatic rings. The molecule has 2 aromatic carbocycles. The molecule has 0 aliphatic carbocycles. The molecular formula is C18H14BN3O5. The van der Waals surface area contributed by atoms with Crippen molar-refractivity contribution in [3.05, 3.63) is 65.5 Å². The number of benzene rings is 2. The van der Waals surface area contributed by atoms with Crippen LogP contribution in [0.5, 0.6) is 5.75 Å². The molecular weight excluding hydrogens is 349 g/mol. The van der Waals surface area contributed by atoms with Crippen LogP contribution < -0.4 is 9.97 Å². The monoisotopic (exact) mass is 363 g/mol. The summed E-state index contributed by atoms with van der Waals surface area (Å²) in [6, 6.07) is 9.65. The van der Waals surface area contributed by atoms with Crippen molar-refractivity contribution in [2.45, 2.75) is 12.4 Å². The summed E-state index contributed by atoms with van der Waals surface area (Å²) >= 11 is 0. The summed E-state index contributed by atoms with van der Waals surface area (Å²) in [7, 11) is -1.36. The Kier molecular flexibility index (Phi) is 4.21. The maximum atomic E-state index is 12.6. The Labute approximate surface area is 154 Å². The number of carbonyl (C=O) groups excluding carboxylic acids is 1. The molecule has 0 radical (unpaired) electrons. The van der Waals surface area contributed by atoms with E-state index in [1.807, 2.05) is 0 Å². The molecule has 0 bridgehead atoms. The fraction of sp³-hybridized carbons (Fsp3) is 0.111. The lowest BCUT2D eigenvalue weighted by Crippen LogP contribution is -2.53. The summed E-state index contributed by atoms with van der Waals surface area (Å²) in [5, 5.41) is 22.2. The number of hydrogen-bond acceptors (Lipinski definition) is 6. The Hall–Kier alpha value is -3.46. The van der Waals surface area contributed by atoms with Gasteiger partial charge < -0.3 is 20.1 Å². The molecule has 1 aliphatic heterocycles. The first kappa shape index (κ1) is 17.0. The Bertz CT molecular complexity index is 1060. The van der Waals surface area contributed by atoms with Gasteiger partial charge in [-0.15, -0.1) is 0 Å². The van der Waals surface area contributed by atoms with E-state index >= 15 is 0 Å². The molecule has 1 amide bonds. The summed E-state index contributed by atoms with van der Waals surface area (Å²) in [5.41, 5.74) is 2.21. The Morgan fingerprint density at radius 1 is 1.15 bits per heavy atom. The predicted molar refractivity (Wildman–Crippen MR) is 96.5 cm³/mol. The zero-order valence-electron chi connectivity index (χ0n) is 14.0. The minimum atomic E-state index is -1.36. The first-order valence-electron chi connectivity index (χ1n) is 8.24. The number of carboxylic acid groups (broad SMARTS) is 1. The second kappa shape index (κ2) is 6.69. The maximum absolute atomic E-state index is 12.6. The third kappa shape index (κ3) is 3.20. The van der Waals surface area contributed by atoms with Crippen molar-refractivity contribution >= 4 is 30.0 Å². The molecule has 3 N–H and O–H groups in total. The van der Waals surface area contributed by atoms with E-state index in [0.717, 1.165) is 0 Å². The maximum Gasteiger partial charge on any atom is 0.547 e. The fourth-order valence-electron chi connectivity index (χ4n) is 3.07. The zero-order chi connectivity index (χ0) is 19.0. The molecule has 27 heavy (non-hydrogen) atoms. The average molecular weight is 363 g/mol. The molecule has 2 heterocycles. The molecule has 0 unspecified atom stereocenters. The number of para-hydroxylation sites is 1. The van der Waals surface area contributed by atoms with Crippen molar-refractivity contribution in [1.82, 2.24) is 15.3 Å². The lowest BCUT2D eigenvalue weighted by atomic mass is 9.72. The van der Waals surface area contributed by atoms with Gasteiger partial charge in [0.1, 0.15) is 5.75 Å². The molecule has 0 saturated heterocycles. The first-order valence-corrected chi connectivity index (χ1v) is 8.24. The summed E-state index contributed by atoms with van der Waals surface area (Å²) in [6.07, 6.45) is 3.36. The van der Waals surface area contributed by atoms with E-state index in [1.165, 1.54) is 6.07 Å². The van der Waals surface area contributed by atoms with Gasteiger partial charge in [0.2, 0.25) is 0 Å². The minimum Gasteiger partial charge on any atom is -0.534 e. The molecule has 8 nitrogen and oxygen atoms in total. The van der Waals surface area contributed by atoms with Gasteiger partial charge in [0.05, 0.1) is 22.5 Å². The van der Waals surface area contributed by atoms with Crippen LogP contribution in [0.2, 0.25) is 0 Å². The molecule has 0 saturated carbocycles. The first-order chi connectivity index (χ1) is 13.0. The van der Waals surface area contributed by atoms with Gasteiger partial charge in [-0.05, 0) is 36.2 Å². The number of aromatic carboxylic acids is 1. The number of carbonyl (C=O) groups is 2. The van der Waals surface area contributed by atoms with E-state index in [0.29, 0.717) is 22.2 Å². The molecule has 1 aliphatic rings. The fourth-order valence-corrected chi connectivity index (χ4v) is 3.07. The summed E-state index contributed by atoms with van der Waals surface area (Å²) in [5.74, 6) is -2.12. The van der Waals surface area contributed by atoms with Gasteiger partial charge in [-0.2, -0.15) is 0 Å². The number of fused-ring (bicyclic) bond motifs is 2. The number of nitrogens with zero attached hydrogens (tertiary/aromatic N) is 2. The molecule has 1 aromatic heterocycles. The molecule has 0 fully saturated rings. The highest BCUT2D eigenvalue weighted by molar-refractivity contribution is 6.47. The third-order valence-electron chi connectivity index (χ3n) is 4.40. The van der Waals surface area contributed by atoms with Crippen LogP contribution in [-0.2, 0) is 6.42 Å². The Morgan fingerprint density at radius 2 is 1.93 bits per heavy atom. The topological polar surface area (TPSA) is 122 Å². The highest BCUT2D eigenvalue weighted by Crippen LogP contribution is 2.30. The standard InChI is InChI=1S/C18H14BN3O5/c23-17(11-4-5-13-14(8-11)21-7-6-20-13)22-15-9-10-2-1-3-12(18(24)25)16(10)27-19(15)26/h1-8,15,26H,9H2,(H,22,23)(H,24,25)/t15-/m0/s1. The van der Waals surface area contributed by atoms with Gasteiger partial charge in [0, 0.05) is 18.0 Å². The third-order valence-corrected chi connectivity index (χ3v) is 4.40. The highest BCUT2D eigenvalue weighted by atomic mass is 16.5. The molecule has 134 valence electrons. The van der Waals surface area contributed by atoms with E-state index in [9.17, 15) is 19.7 Å². The van der Waals surface area contributed by atoms with Gasteiger partial charge in [-0.3, -0.25) is 14.8 Å². The average Bonchev–Trinajstić information content (AvgIpc) is 2.67. The minimum absolute atomic E-state index is 0.0237. The largest absolute Gasteiger partial charge is 0.547 e. The summed E-state index contributed by atoms with van der Waals surface area (Å²) < 4.78 is 5.38. The van der Waals surface area contributed by atoms with Crippen LogP contribution in [0.4, 0.5) is 0 Å². The predicted octanol–water partition coefficient (Wildman–Crippen LogP) is 1.08. The normalized spacial score (nSPS) is 15.7. The second-order valence-corrected chi connectivity index (χ2v) is 6.15. The SMILES string of the molecule is O=C(N[C@H]1Cc2cccc(C(=O)O)c2OB1O)c1ccc2nccnc2c1. The van der Waals surface area contributed by atoms with Gasteiger partial charge in [-0.25, -0.2) is 4.79 Å². The lowest BCUT2D eigenvalue weighted by Gasteiger charge is -2.28. The van der Waals surface area contributed by atoms with Crippen molar-refractivity contribution < 1.29 is 24.4 Å². The number of rotatable bonds is 3. The zero-order valence-corrected chi connectivity index (χ0v) is 14.0. The van der Waals surface area contributed by atoms with Crippen molar-refractivity contribution in [2.24, 2.45) is 0 Å². The number of aromatic nitrogens is 2. The van der Waals surface area contributed by atoms with Crippen LogP contribution in [0.3, 0.4) is 0 Å². The van der Waals surface area contributed by atoms with Gasteiger partial charge in [0.25, 0.3) is 5.91 Å². The number of carboxylic acids is 1. The van der Waals surface area contributed by atoms with Crippen LogP contribution in [-0.4, -0.2) is 45.0 Å². The van der Waals surface area contributed by atoms with Crippen LogP contribution in [0.15, 0.2) is 48.8 Å². The van der Waals surface area contributed by atoms with E-state index < -0.39 is 24.9 Å². The summed E-state index contributed by atoms with van der Waals surface area (Å²) in [4.78, 5) is 32.2. The van der Waals surface area contributed by atoms with Gasteiger partial charge in [-0.1, -0.05) is 12.1 Å². The summed E-state index contributed by atoms with van der Waals surface area (Å²) in [6.45, 7) is 0. The highest BCUT2D eigenvalue weighted by Gasteiger charge is 2.37. The van der Waals surface area contributed by atoms with E-state index in [-0.39, 0.29) is 17.7 Å². The molecule has 1 atom stereocenters. The van der Waals surface area contributed by atoms with Crippen molar-refractivity contribution in [2.75, 3.05) is 0 Å². The smallest absolute Gasteiger partial charge is 0.534 e. The Morgan fingerprint density at radius 3 is 2.70 bits per heavy atom. The number of nitrogens with one attached hydrogen (secondary N) is 1. The van der Waals surface area contributed by atoms with E-state index in [2.05, 4.69) is 15.3 Å².